The topological polar surface area (TPSA) is 79.3 Å². The van der Waals surface area contributed by atoms with Crippen LogP contribution in [0.1, 0.15) is 35.1 Å². The van der Waals surface area contributed by atoms with Gasteiger partial charge in [-0.2, -0.15) is 0 Å². The van der Waals surface area contributed by atoms with E-state index in [1.54, 1.807) is 0 Å². The van der Waals surface area contributed by atoms with Crippen LogP contribution in [0.15, 0.2) is 0 Å². The highest BCUT2D eigenvalue weighted by atomic mass is 32.1. The fourth-order valence-corrected chi connectivity index (χ4v) is 2.12. The maximum atomic E-state index is 11.1. The molecular formula is C10H14N2O3S. The number of carbonyl (C=O) groups excluding carboxylic acids is 1. The van der Waals surface area contributed by atoms with Crippen molar-refractivity contribution in [1.82, 2.24) is 4.98 Å². The number of hydrogen-bond donors (Lipinski definition) is 2. The van der Waals surface area contributed by atoms with Crippen molar-refractivity contribution >= 4 is 28.2 Å². The second kappa shape index (κ2) is 5.60. The Morgan fingerprint density at radius 2 is 2.19 bits per heavy atom. The standard InChI is InChI=1S/C10H14N2O3S/c1-6(13)9-7(2)16-10(12-9)11-5-3-4-8(14)15/h3-5H2,1-2H3,(H,11,12)(H,14,15). The molecule has 0 saturated heterocycles. The highest BCUT2D eigenvalue weighted by Crippen LogP contribution is 2.22. The van der Waals surface area contributed by atoms with Crippen LogP contribution in [0.4, 0.5) is 5.13 Å². The SMILES string of the molecule is CC(=O)c1nc(NCCCC(=O)O)sc1C. The van der Waals surface area contributed by atoms with Crippen LogP contribution in [0.3, 0.4) is 0 Å². The highest BCUT2D eigenvalue weighted by Gasteiger charge is 2.10. The van der Waals surface area contributed by atoms with Gasteiger partial charge >= 0.3 is 5.97 Å². The van der Waals surface area contributed by atoms with Crippen LogP contribution in [-0.4, -0.2) is 28.4 Å². The molecule has 0 unspecified atom stereocenters. The zero-order chi connectivity index (χ0) is 12.1. The average Bonchev–Trinajstić information content (AvgIpc) is 2.54. The maximum Gasteiger partial charge on any atom is 0.303 e. The Kier molecular flexibility index (Phi) is 4.42. The summed E-state index contributed by atoms with van der Waals surface area (Å²) in [7, 11) is 0. The normalized spacial score (nSPS) is 10.1. The molecule has 1 aromatic rings. The summed E-state index contributed by atoms with van der Waals surface area (Å²) in [5.41, 5.74) is 0.491. The molecule has 0 aliphatic carbocycles. The van der Waals surface area contributed by atoms with E-state index in [2.05, 4.69) is 10.3 Å². The fourth-order valence-electron chi connectivity index (χ4n) is 1.23. The Hall–Kier alpha value is -1.43. The number of nitrogens with one attached hydrogen (secondary N) is 1. The van der Waals surface area contributed by atoms with Crippen molar-refractivity contribution in [2.75, 3.05) is 11.9 Å². The lowest BCUT2D eigenvalue weighted by Gasteiger charge is -1.99. The average molecular weight is 242 g/mol. The van der Waals surface area contributed by atoms with Crippen LogP contribution in [0, 0.1) is 6.92 Å². The first-order valence-corrected chi connectivity index (χ1v) is 5.76. The zero-order valence-corrected chi connectivity index (χ0v) is 10.1. The van der Waals surface area contributed by atoms with Crippen LogP contribution < -0.4 is 5.32 Å². The summed E-state index contributed by atoms with van der Waals surface area (Å²) in [6, 6.07) is 0. The molecule has 6 heteroatoms. The molecule has 0 saturated carbocycles. The molecule has 88 valence electrons. The Labute approximate surface area is 97.5 Å². The molecule has 1 rings (SSSR count). The molecule has 1 heterocycles. The molecule has 16 heavy (non-hydrogen) atoms. The van der Waals surface area contributed by atoms with Crippen molar-refractivity contribution in [3.63, 3.8) is 0 Å². The van der Waals surface area contributed by atoms with E-state index in [1.165, 1.54) is 18.3 Å². The summed E-state index contributed by atoms with van der Waals surface area (Å²) in [5.74, 6) is -0.853. The number of carboxylic acids is 1. The van der Waals surface area contributed by atoms with E-state index in [0.29, 0.717) is 23.8 Å². The first-order chi connectivity index (χ1) is 7.50. The van der Waals surface area contributed by atoms with Crippen molar-refractivity contribution < 1.29 is 14.7 Å². The third-order valence-electron chi connectivity index (χ3n) is 1.97. The minimum absolute atomic E-state index is 0.0488. The Balaban J connectivity index is 2.46. The molecule has 0 bridgehead atoms. The molecular weight excluding hydrogens is 228 g/mol. The van der Waals surface area contributed by atoms with Crippen LogP contribution in [0.2, 0.25) is 0 Å². The number of aromatic nitrogens is 1. The zero-order valence-electron chi connectivity index (χ0n) is 9.24. The van der Waals surface area contributed by atoms with Gasteiger partial charge in [0.1, 0.15) is 5.69 Å². The summed E-state index contributed by atoms with van der Waals surface area (Å²) in [5, 5.41) is 12.1. The highest BCUT2D eigenvalue weighted by molar-refractivity contribution is 7.15. The molecule has 5 nitrogen and oxygen atoms in total. The van der Waals surface area contributed by atoms with Gasteiger partial charge in [-0.25, -0.2) is 4.98 Å². The Bertz CT molecular complexity index is 401. The van der Waals surface area contributed by atoms with Gasteiger partial charge in [-0.05, 0) is 13.3 Å². The van der Waals surface area contributed by atoms with E-state index in [9.17, 15) is 9.59 Å². The van der Waals surface area contributed by atoms with Gasteiger partial charge in [0.25, 0.3) is 0 Å². The van der Waals surface area contributed by atoms with Gasteiger partial charge in [0, 0.05) is 24.8 Å². The van der Waals surface area contributed by atoms with E-state index in [4.69, 9.17) is 5.11 Å². The van der Waals surface area contributed by atoms with E-state index >= 15 is 0 Å². The minimum Gasteiger partial charge on any atom is -0.481 e. The number of aliphatic carboxylic acids is 1. The summed E-state index contributed by atoms with van der Waals surface area (Å²) in [6.45, 7) is 3.88. The first-order valence-electron chi connectivity index (χ1n) is 4.94. The van der Waals surface area contributed by atoms with Crippen LogP contribution >= 0.6 is 11.3 Å². The predicted octanol–water partition coefficient (Wildman–Crippen LogP) is 1.93. The lowest BCUT2D eigenvalue weighted by molar-refractivity contribution is -0.137. The smallest absolute Gasteiger partial charge is 0.303 e. The number of Topliss-reactive ketones (excluding diaryl/α,β-unsaturated/α-hetero) is 1. The molecule has 0 fully saturated rings. The first kappa shape index (κ1) is 12.6. The fraction of sp³-hybridized carbons (Fsp3) is 0.500. The number of thiazole rings is 1. The molecule has 0 radical (unpaired) electrons. The van der Waals surface area contributed by atoms with E-state index in [1.807, 2.05) is 6.92 Å². The summed E-state index contributed by atoms with van der Waals surface area (Å²) < 4.78 is 0. The molecule has 0 aliphatic heterocycles. The monoisotopic (exact) mass is 242 g/mol. The van der Waals surface area contributed by atoms with E-state index in [0.717, 1.165) is 4.88 Å². The third kappa shape index (κ3) is 3.62. The molecule has 0 amide bonds. The van der Waals surface area contributed by atoms with Crippen LogP contribution in [-0.2, 0) is 4.79 Å². The van der Waals surface area contributed by atoms with Gasteiger partial charge < -0.3 is 10.4 Å². The molecule has 2 N–H and O–H groups in total. The van der Waals surface area contributed by atoms with Crippen molar-refractivity contribution in [3.05, 3.63) is 10.6 Å². The minimum atomic E-state index is -0.804. The number of rotatable bonds is 6. The second-order valence-electron chi connectivity index (χ2n) is 3.40. The van der Waals surface area contributed by atoms with Gasteiger partial charge in [-0.1, -0.05) is 0 Å². The van der Waals surface area contributed by atoms with Crippen LogP contribution in [0.25, 0.3) is 0 Å². The second-order valence-corrected chi connectivity index (χ2v) is 4.61. The lowest BCUT2D eigenvalue weighted by Crippen LogP contribution is -2.05. The van der Waals surface area contributed by atoms with E-state index in [-0.39, 0.29) is 12.2 Å². The number of anilines is 1. The van der Waals surface area contributed by atoms with E-state index < -0.39 is 5.97 Å². The Morgan fingerprint density at radius 1 is 1.50 bits per heavy atom. The number of aryl methyl sites for hydroxylation is 1. The number of hydrogen-bond acceptors (Lipinski definition) is 5. The molecule has 0 aliphatic rings. The number of ketones is 1. The van der Waals surface area contributed by atoms with Gasteiger partial charge in [0.05, 0.1) is 0 Å². The number of nitrogens with zero attached hydrogens (tertiary/aromatic N) is 1. The quantitative estimate of drug-likeness (QED) is 0.588. The molecule has 0 atom stereocenters. The molecule has 1 aromatic heterocycles. The summed E-state index contributed by atoms with van der Waals surface area (Å²) in [6.07, 6.45) is 0.681. The maximum absolute atomic E-state index is 11.1. The Morgan fingerprint density at radius 3 is 2.69 bits per heavy atom. The third-order valence-corrected chi connectivity index (χ3v) is 2.90. The lowest BCUT2D eigenvalue weighted by atomic mass is 10.3. The van der Waals surface area contributed by atoms with Gasteiger partial charge in [-0.3, -0.25) is 9.59 Å². The predicted molar refractivity (Wildman–Crippen MR) is 62.2 cm³/mol. The van der Waals surface area contributed by atoms with Gasteiger partial charge in [-0.15, -0.1) is 11.3 Å². The molecule has 0 spiro atoms. The number of carboxylic acid groups (broad SMARTS) is 1. The van der Waals surface area contributed by atoms with Crippen molar-refractivity contribution in [2.45, 2.75) is 26.7 Å². The number of carbonyl (C=O) groups is 2. The van der Waals surface area contributed by atoms with Gasteiger partial charge in [0.2, 0.25) is 0 Å². The summed E-state index contributed by atoms with van der Waals surface area (Å²) >= 11 is 1.41. The van der Waals surface area contributed by atoms with Crippen molar-refractivity contribution in [2.24, 2.45) is 0 Å². The van der Waals surface area contributed by atoms with Crippen LogP contribution in [0.5, 0.6) is 0 Å². The largest absolute Gasteiger partial charge is 0.481 e. The molecule has 0 aromatic carbocycles. The van der Waals surface area contributed by atoms with Crippen molar-refractivity contribution in [1.29, 1.82) is 0 Å². The van der Waals surface area contributed by atoms with Gasteiger partial charge in [0.15, 0.2) is 10.9 Å². The summed E-state index contributed by atoms with van der Waals surface area (Å²) in [4.78, 5) is 26.4. The van der Waals surface area contributed by atoms with Crippen molar-refractivity contribution in [3.8, 4) is 0 Å².